The van der Waals surface area contributed by atoms with E-state index in [2.05, 4.69) is 30.9 Å². The lowest BCUT2D eigenvalue weighted by Crippen LogP contribution is -2.40. The van der Waals surface area contributed by atoms with Crippen LogP contribution in [-0.2, 0) is 0 Å². The van der Waals surface area contributed by atoms with E-state index in [1.165, 1.54) is 19.5 Å². The van der Waals surface area contributed by atoms with Gasteiger partial charge in [0.25, 0.3) is 0 Å². The number of nitrogens with two attached hydrogens (primary N) is 1. The Hall–Kier alpha value is -0.120. The van der Waals surface area contributed by atoms with Crippen LogP contribution in [0.15, 0.2) is 0 Å². The smallest absolute Gasteiger partial charge is 0.0209 e. The van der Waals surface area contributed by atoms with E-state index in [-0.39, 0.29) is 0 Å². The summed E-state index contributed by atoms with van der Waals surface area (Å²) in [6, 6.07) is 0.352. The molecule has 1 saturated heterocycles. The molecule has 2 unspecified atom stereocenters. The summed E-state index contributed by atoms with van der Waals surface area (Å²) in [5.41, 5.74) is 6.07. The Morgan fingerprint density at radius 2 is 2.25 bits per heavy atom. The maximum Gasteiger partial charge on any atom is 0.0209 e. The zero-order valence-corrected chi connectivity index (χ0v) is 8.45. The van der Waals surface area contributed by atoms with E-state index in [1.54, 1.807) is 0 Å². The number of likely N-dealkylation sites (tertiary alicyclic amines) is 1. The second kappa shape index (κ2) is 4.21. The molecule has 0 aromatic rings. The first kappa shape index (κ1) is 9.96. The van der Waals surface area contributed by atoms with Crippen LogP contribution in [0.2, 0.25) is 0 Å². The molecule has 0 bridgehead atoms. The first-order valence-corrected chi connectivity index (χ1v) is 4.68. The van der Waals surface area contributed by atoms with E-state index in [0.29, 0.717) is 12.0 Å². The third-order valence-corrected chi connectivity index (χ3v) is 2.61. The van der Waals surface area contributed by atoms with Crippen LogP contribution < -0.4 is 5.73 Å². The van der Waals surface area contributed by atoms with Crippen molar-refractivity contribution in [2.45, 2.75) is 12.5 Å². The van der Waals surface area contributed by atoms with Gasteiger partial charge < -0.3 is 15.5 Å². The Labute approximate surface area is 75.5 Å². The van der Waals surface area contributed by atoms with Gasteiger partial charge in [-0.15, -0.1) is 0 Å². The van der Waals surface area contributed by atoms with Gasteiger partial charge in [0.1, 0.15) is 0 Å². The van der Waals surface area contributed by atoms with Crippen LogP contribution in [0, 0.1) is 5.92 Å². The van der Waals surface area contributed by atoms with E-state index in [4.69, 9.17) is 5.73 Å². The van der Waals surface area contributed by atoms with E-state index in [0.717, 1.165) is 6.54 Å². The summed E-state index contributed by atoms with van der Waals surface area (Å²) in [6.45, 7) is 3.40. The largest absolute Gasteiger partial charge is 0.326 e. The van der Waals surface area contributed by atoms with Crippen LogP contribution in [0.25, 0.3) is 0 Å². The Bertz CT molecular complexity index is 136. The highest BCUT2D eigenvalue weighted by Gasteiger charge is 2.25. The lowest BCUT2D eigenvalue weighted by molar-refractivity contribution is 0.303. The Kier molecular flexibility index (Phi) is 3.50. The number of rotatable bonds is 3. The third-order valence-electron chi connectivity index (χ3n) is 2.61. The Balaban J connectivity index is 2.28. The van der Waals surface area contributed by atoms with Gasteiger partial charge in [-0.1, -0.05) is 0 Å². The molecule has 1 aliphatic heterocycles. The lowest BCUT2D eigenvalue weighted by Gasteiger charge is -2.22. The second-order valence-electron chi connectivity index (χ2n) is 4.24. The third kappa shape index (κ3) is 2.73. The van der Waals surface area contributed by atoms with E-state index in [1.807, 2.05) is 0 Å². The normalized spacial score (nSPS) is 28.2. The van der Waals surface area contributed by atoms with Crippen LogP contribution in [0.4, 0.5) is 0 Å². The topological polar surface area (TPSA) is 32.5 Å². The number of nitrogens with zero attached hydrogens (tertiary/aromatic N) is 2. The molecule has 3 nitrogen and oxygen atoms in total. The first-order valence-electron chi connectivity index (χ1n) is 4.68. The van der Waals surface area contributed by atoms with Gasteiger partial charge in [-0.3, -0.25) is 0 Å². The van der Waals surface area contributed by atoms with Crippen LogP contribution in [0.5, 0.6) is 0 Å². The fraction of sp³-hybridized carbons (Fsp3) is 1.00. The van der Waals surface area contributed by atoms with Crippen molar-refractivity contribution in [3.63, 3.8) is 0 Å². The molecule has 0 radical (unpaired) electrons. The summed E-state index contributed by atoms with van der Waals surface area (Å²) in [4.78, 5) is 4.53. The summed E-state index contributed by atoms with van der Waals surface area (Å²) in [5.74, 6) is 0.706. The fourth-order valence-electron chi connectivity index (χ4n) is 1.89. The van der Waals surface area contributed by atoms with Gasteiger partial charge >= 0.3 is 0 Å². The number of likely N-dealkylation sites (N-methyl/N-ethyl adjacent to an activating group) is 1. The number of hydrogen-bond acceptors (Lipinski definition) is 3. The monoisotopic (exact) mass is 171 g/mol. The predicted octanol–water partition coefficient (Wildman–Crippen LogP) is -0.173. The zero-order valence-electron chi connectivity index (χ0n) is 8.45. The summed E-state index contributed by atoms with van der Waals surface area (Å²) >= 11 is 0. The molecule has 2 atom stereocenters. The van der Waals surface area contributed by atoms with Gasteiger partial charge in [-0.25, -0.2) is 0 Å². The molecule has 2 N–H and O–H groups in total. The Morgan fingerprint density at radius 1 is 1.58 bits per heavy atom. The van der Waals surface area contributed by atoms with Crippen molar-refractivity contribution in [2.24, 2.45) is 11.7 Å². The molecule has 12 heavy (non-hydrogen) atoms. The quantitative estimate of drug-likeness (QED) is 0.640. The number of hydrogen-bond donors (Lipinski definition) is 1. The minimum atomic E-state index is 0.352. The molecule has 0 spiro atoms. The van der Waals surface area contributed by atoms with E-state index < -0.39 is 0 Å². The minimum absolute atomic E-state index is 0.352. The molecule has 1 fully saturated rings. The summed E-state index contributed by atoms with van der Waals surface area (Å²) in [7, 11) is 6.33. The van der Waals surface area contributed by atoms with E-state index >= 15 is 0 Å². The zero-order chi connectivity index (χ0) is 9.14. The highest BCUT2D eigenvalue weighted by Crippen LogP contribution is 2.17. The average molecular weight is 171 g/mol. The molecule has 0 aliphatic carbocycles. The minimum Gasteiger partial charge on any atom is -0.326 e. The highest BCUT2D eigenvalue weighted by molar-refractivity contribution is 4.82. The highest BCUT2D eigenvalue weighted by atomic mass is 15.1. The van der Waals surface area contributed by atoms with Crippen molar-refractivity contribution in [1.29, 1.82) is 0 Å². The molecule has 1 rings (SSSR count). The SMILES string of the molecule is CN(C)CC(N)C1CCN(C)C1. The van der Waals surface area contributed by atoms with Crippen LogP contribution in [-0.4, -0.2) is 56.6 Å². The van der Waals surface area contributed by atoms with Gasteiger partial charge in [0.2, 0.25) is 0 Å². The first-order chi connectivity index (χ1) is 5.59. The molecule has 3 heteroatoms. The van der Waals surface area contributed by atoms with Gasteiger partial charge in [-0.2, -0.15) is 0 Å². The molecule has 1 aliphatic rings. The summed E-state index contributed by atoms with van der Waals surface area (Å²) in [6.07, 6.45) is 1.27. The van der Waals surface area contributed by atoms with Gasteiger partial charge in [0.15, 0.2) is 0 Å². The Morgan fingerprint density at radius 3 is 2.67 bits per heavy atom. The van der Waals surface area contributed by atoms with Gasteiger partial charge in [-0.05, 0) is 40.0 Å². The van der Waals surface area contributed by atoms with Gasteiger partial charge in [0, 0.05) is 19.1 Å². The maximum atomic E-state index is 6.07. The molecular weight excluding hydrogens is 150 g/mol. The van der Waals surface area contributed by atoms with Crippen molar-refractivity contribution in [2.75, 3.05) is 40.8 Å². The fourth-order valence-corrected chi connectivity index (χ4v) is 1.89. The molecule has 0 saturated carbocycles. The standard InChI is InChI=1S/C9H21N3/c1-11(2)7-9(10)8-4-5-12(3)6-8/h8-9H,4-7,10H2,1-3H3. The molecule has 0 amide bonds. The summed E-state index contributed by atoms with van der Waals surface area (Å²) < 4.78 is 0. The summed E-state index contributed by atoms with van der Waals surface area (Å²) in [5, 5.41) is 0. The van der Waals surface area contributed by atoms with E-state index in [9.17, 15) is 0 Å². The average Bonchev–Trinajstić information content (AvgIpc) is 2.34. The van der Waals surface area contributed by atoms with Crippen molar-refractivity contribution in [3.05, 3.63) is 0 Å². The molecule has 0 aromatic carbocycles. The molecule has 1 heterocycles. The van der Waals surface area contributed by atoms with Crippen LogP contribution in [0.3, 0.4) is 0 Å². The maximum absolute atomic E-state index is 6.07. The lowest BCUT2D eigenvalue weighted by atomic mass is 10.00. The molecular formula is C9H21N3. The molecule has 72 valence electrons. The van der Waals surface area contributed by atoms with Crippen LogP contribution >= 0.6 is 0 Å². The van der Waals surface area contributed by atoms with Crippen molar-refractivity contribution < 1.29 is 0 Å². The van der Waals surface area contributed by atoms with Gasteiger partial charge in [0.05, 0.1) is 0 Å². The van der Waals surface area contributed by atoms with Crippen LogP contribution in [0.1, 0.15) is 6.42 Å². The second-order valence-corrected chi connectivity index (χ2v) is 4.24. The van der Waals surface area contributed by atoms with Crippen molar-refractivity contribution in [1.82, 2.24) is 9.80 Å². The molecule has 0 aromatic heterocycles. The predicted molar refractivity (Wildman–Crippen MR) is 52.1 cm³/mol. The van der Waals surface area contributed by atoms with Crippen molar-refractivity contribution >= 4 is 0 Å². The van der Waals surface area contributed by atoms with Crippen molar-refractivity contribution in [3.8, 4) is 0 Å².